The molecule has 0 bridgehead atoms. The topological polar surface area (TPSA) is 94.4 Å². The van der Waals surface area contributed by atoms with Crippen LogP contribution in [0.5, 0.6) is 5.75 Å². The van der Waals surface area contributed by atoms with E-state index in [0.717, 1.165) is 0 Å². The molecule has 1 N–H and O–H groups in total. The minimum absolute atomic E-state index is 0.0670. The summed E-state index contributed by atoms with van der Waals surface area (Å²) >= 11 is 1.26. The standard InChI is InChI=1S/C10H7N3O4S/c14-10(12-9-11-5-6-18-9)17-8-3-1-7(2-4-8)13(15)16/h1-6H,(H,11,12,14). The zero-order valence-corrected chi connectivity index (χ0v) is 9.72. The van der Waals surface area contributed by atoms with Crippen LogP contribution >= 0.6 is 11.3 Å². The summed E-state index contributed by atoms with van der Waals surface area (Å²) in [5.74, 6) is 0.217. The van der Waals surface area contributed by atoms with E-state index in [1.54, 1.807) is 11.6 Å². The Labute approximate surface area is 105 Å². The molecule has 1 heterocycles. The van der Waals surface area contributed by atoms with E-state index >= 15 is 0 Å². The summed E-state index contributed by atoms with van der Waals surface area (Å²) in [4.78, 5) is 25.1. The second-order valence-electron chi connectivity index (χ2n) is 3.10. The number of carbonyl (C=O) groups excluding carboxylic acids is 1. The first-order valence-electron chi connectivity index (χ1n) is 4.78. The maximum Gasteiger partial charge on any atom is 0.418 e. The molecule has 2 aromatic rings. The van der Waals surface area contributed by atoms with E-state index in [1.165, 1.54) is 35.6 Å². The number of anilines is 1. The van der Waals surface area contributed by atoms with Crippen LogP contribution < -0.4 is 10.1 Å². The van der Waals surface area contributed by atoms with Crippen molar-refractivity contribution in [1.82, 2.24) is 4.98 Å². The second kappa shape index (κ2) is 5.23. The number of nitro benzene ring substituents is 1. The van der Waals surface area contributed by atoms with E-state index in [-0.39, 0.29) is 11.4 Å². The lowest BCUT2D eigenvalue weighted by Crippen LogP contribution is -2.16. The highest BCUT2D eigenvalue weighted by Gasteiger charge is 2.09. The number of nitrogens with one attached hydrogen (secondary N) is 1. The fourth-order valence-corrected chi connectivity index (χ4v) is 1.66. The number of non-ortho nitro benzene ring substituents is 1. The molecule has 2 rings (SSSR count). The van der Waals surface area contributed by atoms with Crippen molar-refractivity contribution in [3.05, 3.63) is 46.0 Å². The van der Waals surface area contributed by atoms with Crippen molar-refractivity contribution in [3.8, 4) is 5.75 Å². The lowest BCUT2D eigenvalue weighted by Gasteiger charge is -2.03. The van der Waals surface area contributed by atoms with Gasteiger partial charge in [-0.15, -0.1) is 11.3 Å². The molecule has 0 saturated carbocycles. The van der Waals surface area contributed by atoms with Gasteiger partial charge in [-0.2, -0.15) is 0 Å². The zero-order valence-electron chi connectivity index (χ0n) is 8.90. The number of hydrogen-bond acceptors (Lipinski definition) is 6. The first-order valence-corrected chi connectivity index (χ1v) is 5.66. The maximum atomic E-state index is 11.4. The molecule has 0 aliphatic rings. The first kappa shape index (κ1) is 12.0. The summed E-state index contributed by atoms with van der Waals surface area (Å²) in [6, 6.07) is 5.21. The molecule has 0 saturated heterocycles. The molecule has 1 amide bonds. The highest BCUT2D eigenvalue weighted by Crippen LogP contribution is 2.18. The molecule has 0 atom stereocenters. The van der Waals surface area contributed by atoms with Crippen molar-refractivity contribution >= 4 is 28.2 Å². The van der Waals surface area contributed by atoms with Crippen LogP contribution in [0.4, 0.5) is 15.6 Å². The van der Waals surface area contributed by atoms with E-state index in [2.05, 4.69) is 10.3 Å². The van der Waals surface area contributed by atoms with Crippen LogP contribution in [0.3, 0.4) is 0 Å². The molecule has 0 radical (unpaired) electrons. The van der Waals surface area contributed by atoms with E-state index in [9.17, 15) is 14.9 Å². The van der Waals surface area contributed by atoms with Gasteiger partial charge in [-0.05, 0) is 12.1 Å². The number of hydrogen-bond donors (Lipinski definition) is 1. The Balaban J connectivity index is 1.97. The Hall–Kier alpha value is -2.48. The molecule has 0 fully saturated rings. The van der Waals surface area contributed by atoms with Crippen molar-refractivity contribution in [2.75, 3.05) is 5.32 Å². The van der Waals surface area contributed by atoms with Gasteiger partial charge in [-0.25, -0.2) is 9.78 Å². The molecule has 8 heteroatoms. The van der Waals surface area contributed by atoms with Gasteiger partial charge < -0.3 is 4.74 Å². The van der Waals surface area contributed by atoms with Crippen LogP contribution in [0.1, 0.15) is 0 Å². The Morgan fingerprint density at radius 3 is 2.67 bits per heavy atom. The SMILES string of the molecule is O=C(Nc1nccs1)Oc1ccc([N+](=O)[O-])cc1. The van der Waals surface area contributed by atoms with E-state index in [1.807, 2.05) is 0 Å². The average Bonchev–Trinajstić information content (AvgIpc) is 2.82. The smallest absolute Gasteiger partial charge is 0.410 e. The van der Waals surface area contributed by atoms with E-state index < -0.39 is 11.0 Å². The van der Waals surface area contributed by atoms with Crippen molar-refractivity contribution in [1.29, 1.82) is 0 Å². The Kier molecular flexibility index (Phi) is 3.49. The third kappa shape index (κ3) is 3.01. The van der Waals surface area contributed by atoms with E-state index in [0.29, 0.717) is 5.13 Å². The van der Waals surface area contributed by atoms with Crippen molar-refractivity contribution in [3.63, 3.8) is 0 Å². The predicted octanol–water partition coefficient (Wildman–Crippen LogP) is 2.66. The number of rotatable bonds is 3. The molecule has 18 heavy (non-hydrogen) atoms. The third-order valence-corrected chi connectivity index (χ3v) is 2.59. The number of thiazole rings is 1. The molecule has 0 spiro atoms. The summed E-state index contributed by atoms with van der Waals surface area (Å²) in [5.41, 5.74) is -0.0670. The molecule has 0 unspecified atom stereocenters. The predicted molar refractivity (Wildman–Crippen MR) is 64.9 cm³/mol. The van der Waals surface area contributed by atoms with Gasteiger partial charge in [0.05, 0.1) is 4.92 Å². The lowest BCUT2D eigenvalue weighted by molar-refractivity contribution is -0.384. The van der Waals surface area contributed by atoms with Crippen molar-refractivity contribution in [2.24, 2.45) is 0 Å². The van der Waals surface area contributed by atoms with Crippen molar-refractivity contribution in [2.45, 2.75) is 0 Å². The molecular formula is C10H7N3O4S. The number of nitrogens with zero attached hydrogens (tertiary/aromatic N) is 2. The van der Waals surface area contributed by atoms with Gasteiger partial charge in [-0.1, -0.05) is 0 Å². The molecule has 7 nitrogen and oxygen atoms in total. The lowest BCUT2D eigenvalue weighted by atomic mass is 10.3. The molecule has 1 aromatic carbocycles. The Morgan fingerprint density at radius 2 is 2.11 bits per heavy atom. The normalized spacial score (nSPS) is 9.78. The number of amides is 1. The van der Waals surface area contributed by atoms with Gasteiger partial charge in [0.2, 0.25) is 0 Å². The summed E-state index contributed by atoms with van der Waals surface area (Å²) in [6.07, 6.45) is 0.852. The largest absolute Gasteiger partial charge is 0.418 e. The highest BCUT2D eigenvalue weighted by molar-refractivity contribution is 7.13. The van der Waals surface area contributed by atoms with Crippen molar-refractivity contribution < 1.29 is 14.5 Å². The van der Waals surface area contributed by atoms with E-state index in [4.69, 9.17) is 4.74 Å². The first-order chi connectivity index (χ1) is 8.65. The summed E-state index contributed by atoms with van der Waals surface area (Å²) in [6.45, 7) is 0. The third-order valence-electron chi connectivity index (χ3n) is 1.90. The number of nitro groups is 1. The van der Waals surface area contributed by atoms with Gasteiger partial charge in [0.15, 0.2) is 5.13 Å². The summed E-state index contributed by atoms with van der Waals surface area (Å²) < 4.78 is 4.92. The van der Waals surface area contributed by atoms with Crippen LogP contribution in [-0.4, -0.2) is 16.0 Å². The van der Waals surface area contributed by atoms with Gasteiger partial charge in [-0.3, -0.25) is 15.4 Å². The van der Waals surface area contributed by atoms with Gasteiger partial charge in [0.25, 0.3) is 5.69 Å². The summed E-state index contributed by atoms with van der Waals surface area (Å²) in [5, 5.41) is 15.0. The Morgan fingerprint density at radius 1 is 1.39 bits per heavy atom. The quantitative estimate of drug-likeness (QED) is 0.680. The molecule has 0 aliphatic carbocycles. The summed E-state index contributed by atoms with van der Waals surface area (Å²) in [7, 11) is 0. The maximum absolute atomic E-state index is 11.4. The van der Waals surface area contributed by atoms with Crippen LogP contribution in [0.2, 0.25) is 0 Å². The van der Waals surface area contributed by atoms with Gasteiger partial charge in [0, 0.05) is 23.7 Å². The molecule has 1 aromatic heterocycles. The number of ether oxygens (including phenoxy) is 1. The number of benzene rings is 1. The van der Waals surface area contributed by atoms with Crippen LogP contribution in [0, 0.1) is 10.1 Å². The minimum Gasteiger partial charge on any atom is -0.410 e. The second-order valence-corrected chi connectivity index (χ2v) is 4.00. The minimum atomic E-state index is -0.696. The van der Waals surface area contributed by atoms with Crippen LogP contribution in [0.25, 0.3) is 0 Å². The molecule has 92 valence electrons. The molecule has 0 aliphatic heterocycles. The zero-order chi connectivity index (χ0) is 13.0. The Bertz CT molecular complexity index is 553. The van der Waals surface area contributed by atoms with Gasteiger partial charge in [0.1, 0.15) is 5.75 Å². The number of aromatic nitrogens is 1. The monoisotopic (exact) mass is 265 g/mol. The fraction of sp³-hybridized carbons (Fsp3) is 0. The number of carbonyl (C=O) groups is 1. The van der Waals surface area contributed by atoms with Gasteiger partial charge >= 0.3 is 6.09 Å². The molecular weight excluding hydrogens is 258 g/mol. The fourth-order valence-electron chi connectivity index (χ4n) is 1.14. The average molecular weight is 265 g/mol. The van der Waals surface area contributed by atoms with Crippen LogP contribution in [0.15, 0.2) is 35.8 Å². The van der Waals surface area contributed by atoms with Crippen LogP contribution in [-0.2, 0) is 0 Å². The highest BCUT2D eigenvalue weighted by atomic mass is 32.1.